The lowest BCUT2D eigenvalue weighted by atomic mass is 10.4. The quantitative estimate of drug-likeness (QED) is 0.689. The molecule has 3 aromatic heterocycles. The molecule has 23 heavy (non-hydrogen) atoms. The van der Waals surface area contributed by atoms with Gasteiger partial charge in [-0.05, 0) is 34.1 Å². The molecule has 0 atom stereocenters. The van der Waals surface area contributed by atoms with E-state index in [9.17, 15) is 4.79 Å². The third kappa shape index (κ3) is 4.26. The molecule has 0 aromatic carbocycles. The van der Waals surface area contributed by atoms with Gasteiger partial charge in [0.1, 0.15) is 5.65 Å². The van der Waals surface area contributed by atoms with Crippen LogP contribution in [0.3, 0.4) is 0 Å². The van der Waals surface area contributed by atoms with Crippen LogP contribution < -0.4 is 10.6 Å². The summed E-state index contributed by atoms with van der Waals surface area (Å²) in [7, 11) is 0. The number of hydrogen-bond donors (Lipinski definition) is 2. The average Bonchev–Trinajstić information content (AvgIpc) is 2.96. The van der Waals surface area contributed by atoms with Gasteiger partial charge in [0, 0.05) is 42.2 Å². The van der Waals surface area contributed by atoms with E-state index in [1.54, 1.807) is 18.5 Å². The number of halogens is 1. The fourth-order valence-electron chi connectivity index (χ4n) is 2.06. The first kappa shape index (κ1) is 15.4. The van der Waals surface area contributed by atoms with Crippen molar-refractivity contribution in [2.75, 3.05) is 11.9 Å². The summed E-state index contributed by atoms with van der Waals surface area (Å²) in [6.45, 7) is 0.883. The number of nitrogens with one attached hydrogen (secondary N) is 2. The Kier molecular flexibility index (Phi) is 4.82. The fraction of sp³-hybridized carbons (Fsp3) is 0.200. The third-order valence-electron chi connectivity index (χ3n) is 3.13. The van der Waals surface area contributed by atoms with Crippen LogP contribution in [-0.2, 0) is 11.3 Å². The van der Waals surface area contributed by atoms with E-state index < -0.39 is 0 Å². The summed E-state index contributed by atoms with van der Waals surface area (Å²) in [5, 5.41) is 5.85. The zero-order valence-corrected chi connectivity index (χ0v) is 13.8. The molecule has 0 aliphatic carbocycles. The van der Waals surface area contributed by atoms with Gasteiger partial charge >= 0.3 is 0 Å². The number of imidazole rings is 1. The molecule has 0 saturated heterocycles. The Morgan fingerprint density at radius 3 is 2.87 bits per heavy atom. The van der Waals surface area contributed by atoms with Gasteiger partial charge in [0.2, 0.25) is 11.9 Å². The SMILES string of the molecule is O=C(CCNc1ncccn1)NCc1cn2cc(Br)ccc2n1. The largest absolute Gasteiger partial charge is 0.354 e. The monoisotopic (exact) mass is 374 g/mol. The minimum Gasteiger partial charge on any atom is -0.354 e. The number of amides is 1. The summed E-state index contributed by atoms with van der Waals surface area (Å²) in [5.74, 6) is 0.470. The molecular weight excluding hydrogens is 360 g/mol. The van der Waals surface area contributed by atoms with E-state index in [1.165, 1.54) is 0 Å². The van der Waals surface area contributed by atoms with Crippen molar-refractivity contribution in [2.45, 2.75) is 13.0 Å². The van der Waals surface area contributed by atoms with Crippen LogP contribution in [0.1, 0.15) is 12.1 Å². The van der Waals surface area contributed by atoms with E-state index in [4.69, 9.17) is 0 Å². The lowest BCUT2D eigenvalue weighted by molar-refractivity contribution is -0.121. The molecular formula is C15H15BrN6O. The molecule has 3 heterocycles. The predicted molar refractivity (Wildman–Crippen MR) is 89.9 cm³/mol. The smallest absolute Gasteiger partial charge is 0.222 e. The fourth-order valence-corrected chi connectivity index (χ4v) is 2.41. The van der Waals surface area contributed by atoms with Gasteiger partial charge in [-0.2, -0.15) is 0 Å². The molecule has 1 amide bonds. The minimum atomic E-state index is -0.0494. The molecule has 0 saturated carbocycles. The first-order chi connectivity index (χ1) is 11.2. The second kappa shape index (κ2) is 7.19. The molecule has 3 aromatic rings. The Morgan fingerprint density at radius 1 is 1.22 bits per heavy atom. The summed E-state index contributed by atoms with van der Waals surface area (Å²) < 4.78 is 2.90. The Hall–Kier alpha value is -2.48. The zero-order chi connectivity index (χ0) is 16.1. The summed E-state index contributed by atoms with van der Waals surface area (Å²) in [6.07, 6.45) is 7.47. The number of carbonyl (C=O) groups excluding carboxylic acids is 1. The Labute approximate surface area is 141 Å². The van der Waals surface area contributed by atoms with E-state index in [-0.39, 0.29) is 5.91 Å². The van der Waals surface area contributed by atoms with E-state index in [2.05, 4.69) is 41.5 Å². The molecule has 0 aliphatic rings. The first-order valence-corrected chi connectivity index (χ1v) is 7.91. The van der Waals surface area contributed by atoms with Gasteiger partial charge in [0.25, 0.3) is 0 Å². The summed E-state index contributed by atoms with van der Waals surface area (Å²) in [5.41, 5.74) is 1.66. The molecule has 8 heteroatoms. The molecule has 0 spiro atoms. The van der Waals surface area contributed by atoms with Gasteiger partial charge in [0.15, 0.2) is 0 Å². The number of hydrogen-bond acceptors (Lipinski definition) is 5. The third-order valence-corrected chi connectivity index (χ3v) is 3.60. The molecule has 7 nitrogen and oxygen atoms in total. The van der Waals surface area contributed by atoms with Gasteiger partial charge in [-0.3, -0.25) is 4.79 Å². The lowest BCUT2D eigenvalue weighted by Crippen LogP contribution is -2.25. The van der Waals surface area contributed by atoms with Crippen molar-refractivity contribution < 1.29 is 4.79 Å². The number of pyridine rings is 1. The summed E-state index contributed by atoms with van der Waals surface area (Å²) >= 11 is 3.42. The molecule has 0 aliphatic heterocycles. The van der Waals surface area contributed by atoms with Crippen LogP contribution in [-0.4, -0.2) is 31.8 Å². The number of rotatable bonds is 6. The van der Waals surface area contributed by atoms with Gasteiger partial charge in [-0.15, -0.1) is 0 Å². The maximum Gasteiger partial charge on any atom is 0.222 e. The van der Waals surface area contributed by atoms with Crippen molar-refractivity contribution in [2.24, 2.45) is 0 Å². The number of fused-ring (bicyclic) bond motifs is 1. The van der Waals surface area contributed by atoms with Gasteiger partial charge in [0.05, 0.1) is 12.2 Å². The predicted octanol–water partition coefficient (Wildman–Crippen LogP) is 2.01. The normalized spacial score (nSPS) is 10.7. The van der Waals surface area contributed by atoms with Crippen LogP contribution in [0.25, 0.3) is 5.65 Å². The highest BCUT2D eigenvalue weighted by atomic mass is 79.9. The Morgan fingerprint density at radius 2 is 2.04 bits per heavy atom. The van der Waals surface area contributed by atoms with Crippen LogP contribution in [0.5, 0.6) is 0 Å². The molecule has 0 unspecified atom stereocenters. The van der Waals surface area contributed by atoms with Crippen molar-refractivity contribution in [3.05, 3.63) is 53.2 Å². The van der Waals surface area contributed by atoms with E-state index in [0.29, 0.717) is 25.5 Å². The molecule has 0 bridgehead atoms. The van der Waals surface area contributed by atoms with Gasteiger partial charge in [-0.1, -0.05) is 0 Å². The van der Waals surface area contributed by atoms with E-state index in [0.717, 1.165) is 15.8 Å². The maximum absolute atomic E-state index is 11.8. The summed E-state index contributed by atoms with van der Waals surface area (Å²) in [6, 6.07) is 5.59. The minimum absolute atomic E-state index is 0.0494. The number of aromatic nitrogens is 4. The molecule has 0 radical (unpaired) electrons. The van der Waals surface area contributed by atoms with Crippen LogP contribution in [0.2, 0.25) is 0 Å². The molecule has 118 valence electrons. The zero-order valence-electron chi connectivity index (χ0n) is 12.2. The summed E-state index contributed by atoms with van der Waals surface area (Å²) in [4.78, 5) is 24.3. The Bertz CT molecular complexity index is 804. The maximum atomic E-state index is 11.8. The number of nitrogens with zero attached hydrogens (tertiary/aromatic N) is 4. The topological polar surface area (TPSA) is 84.2 Å². The molecule has 3 rings (SSSR count). The molecule has 2 N–H and O–H groups in total. The van der Waals surface area contributed by atoms with Gasteiger partial charge in [-0.25, -0.2) is 15.0 Å². The van der Waals surface area contributed by atoms with E-state index >= 15 is 0 Å². The van der Waals surface area contributed by atoms with Gasteiger partial charge < -0.3 is 15.0 Å². The van der Waals surface area contributed by atoms with Crippen molar-refractivity contribution in [1.29, 1.82) is 0 Å². The van der Waals surface area contributed by atoms with Crippen molar-refractivity contribution >= 4 is 33.4 Å². The van der Waals surface area contributed by atoms with Crippen molar-refractivity contribution in [3.63, 3.8) is 0 Å². The van der Waals surface area contributed by atoms with Crippen molar-refractivity contribution in [1.82, 2.24) is 24.7 Å². The van der Waals surface area contributed by atoms with Crippen molar-refractivity contribution in [3.8, 4) is 0 Å². The standard InChI is InChI=1S/C15H15BrN6O/c16-11-2-3-13-21-12(10-22(13)9-11)8-20-14(23)4-7-19-15-17-5-1-6-18-15/h1-3,5-6,9-10H,4,7-8H2,(H,20,23)(H,17,18,19). The second-order valence-corrected chi connectivity index (χ2v) is 5.79. The Balaban J connectivity index is 1.46. The highest BCUT2D eigenvalue weighted by Crippen LogP contribution is 2.12. The van der Waals surface area contributed by atoms with Crippen LogP contribution in [0.4, 0.5) is 5.95 Å². The number of carbonyl (C=O) groups is 1. The first-order valence-electron chi connectivity index (χ1n) is 7.11. The van der Waals surface area contributed by atoms with E-state index in [1.807, 2.05) is 28.9 Å². The van der Waals surface area contributed by atoms with Crippen LogP contribution in [0, 0.1) is 0 Å². The second-order valence-electron chi connectivity index (χ2n) is 4.87. The highest BCUT2D eigenvalue weighted by Gasteiger charge is 2.05. The highest BCUT2D eigenvalue weighted by molar-refractivity contribution is 9.10. The van der Waals surface area contributed by atoms with Crippen LogP contribution in [0.15, 0.2) is 47.5 Å². The number of anilines is 1. The molecule has 0 fully saturated rings. The van der Waals surface area contributed by atoms with Crippen LogP contribution >= 0.6 is 15.9 Å². The average molecular weight is 375 g/mol. The lowest BCUT2D eigenvalue weighted by Gasteiger charge is -2.04.